The third kappa shape index (κ3) is 4.49. The minimum absolute atomic E-state index is 0.149. The van der Waals surface area contributed by atoms with Gasteiger partial charge in [0.1, 0.15) is 5.75 Å². The summed E-state index contributed by atoms with van der Waals surface area (Å²) in [7, 11) is -2.78. The van der Waals surface area contributed by atoms with Gasteiger partial charge >= 0.3 is 0 Å². The van der Waals surface area contributed by atoms with Crippen molar-refractivity contribution in [2.24, 2.45) is 5.92 Å². The summed E-state index contributed by atoms with van der Waals surface area (Å²) in [6.07, 6.45) is 0.926. The lowest BCUT2D eigenvalue weighted by atomic mass is 10.1. The van der Waals surface area contributed by atoms with Gasteiger partial charge < -0.3 is 10.1 Å². The van der Waals surface area contributed by atoms with Gasteiger partial charge in [0.2, 0.25) is 0 Å². The fraction of sp³-hybridized carbons (Fsp3) is 0.600. The normalized spacial score (nSPS) is 21.2. The van der Waals surface area contributed by atoms with Gasteiger partial charge in [-0.1, -0.05) is 18.2 Å². The molecule has 1 aromatic rings. The van der Waals surface area contributed by atoms with E-state index in [0.717, 1.165) is 24.3 Å². The maximum Gasteiger partial charge on any atom is 0.150 e. The second kappa shape index (κ2) is 6.59. The molecule has 1 unspecified atom stereocenters. The van der Waals surface area contributed by atoms with Crippen molar-refractivity contribution in [2.45, 2.75) is 32.9 Å². The molecule has 2 rings (SSSR count). The van der Waals surface area contributed by atoms with Crippen molar-refractivity contribution in [1.29, 1.82) is 0 Å². The number of nitrogens with one attached hydrogen (secondary N) is 1. The molecule has 0 aliphatic carbocycles. The van der Waals surface area contributed by atoms with Crippen molar-refractivity contribution in [3.63, 3.8) is 0 Å². The van der Waals surface area contributed by atoms with Crippen molar-refractivity contribution in [3.8, 4) is 5.75 Å². The zero-order valence-electron chi connectivity index (χ0n) is 12.1. The van der Waals surface area contributed by atoms with E-state index in [4.69, 9.17) is 4.74 Å². The summed E-state index contributed by atoms with van der Waals surface area (Å²) in [5.74, 6) is 1.81. The fourth-order valence-electron chi connectivity index (χ4n) is 2.46. The van der Waals surface area contributed by atoms with Gasteiger partial charge in [0.05, 0.1) is 17.6 Å². The molecular formula is C15H23NO3S. The topological polar surface area (TPSA) is 55.4 Å². The van der Waals surface area contributed by atoms with Gasteiger partial charge in [-0.2, -0.15) is 0 Å². The van der Waals surface area contributed by atoms with Crippen LogP contribution in [-0.2, 0) is 16.4 Å². The average molecular weight is 297 g/mol. The molecule has 1 atom stereocenters. The Hall–Kier alpha value is -1.07. The highest BCUT2D eigenvalue weighted by Gasteiger charge is 2.27. The number of hydrogen-bond acceptors (Lipinski definition) is 4. The van der Waals surface area contributed by atoms with Crippen LogP contribution < -0.4 is 10.1 Å². The molecule has 1 aliphatic rings. The van der Waals surface area contributed by atoms with E-state index in [-0.39, 0.29) is 12.0 Å². The first-order chi connectivity index (χ1) is 9.46. The summed E-state index contributed by atoms with van der Waals surface area (Å²) in [5, 5.41) is 3.35. The SMILES string of the molecule is CC(C)Oc1ccccc1CNCC1CCS(=O)(=O)C1. The van der Waals surface area contributed by atoms with Crippen LogP contribution in [0.25, 0.3) is 0 Å². The average Bonchev–Trinajstić information content (AvgIpc) is 2.70. The Balaban J connectivity index is 1.85. The van der Waals surface area contributed by atoms with E-state index < -0.39 is 9.84 Å². The Labute approximate surface area is 121 Å². The summed E-state index contributed by atoms with van der Waals surface area (Å²) in [5.41, 5.74) is 1.11. The van der Waals surface area contributed by atoms with E-state index in [1.807, 2.05) is 38.1 Å². The lowest BCUT2D eigenvalue weighted by Crippen LogP contribution is -2.23. The van der Waals surface area contributed by atoms with Gasteiger partial charge in [-0.05, 0) is 38.8 Å². The molecule has 1 saturated heterocycles. The lowest BCUT2D eigenvalue weighted by molar-refractivity contribution is 0.239. The van der Waals surface area contributed by atoms with Gasteiger partial charge in [0, 0.05) is 12.1 Å². The molecule has 0 spiro atoms. The molecule has 1 aliphatic heterocycles. The van der Waals surface area contributed by atoms with Crippen LogP contribution in [0, 0.1) is 5.92 Å². The van der Waals surface area contributed by atoms with Crippen molar-refractivity contribution in [3.05, 3.63) is 29.8 Å². The van der Waals surface area contributed by atoms with Gasteiger partial charge in [-0.25, -0.2) is 8.42 Å². The molecule has 0 bridgehead atoms. The molecule has 112 valence electrons. The maximum atomic E-state index is 11.4. The van der Waals surface area contributed by atoms with E-state index in [9.17, 15) is 8.42 Å². The van der Waals surface area contributed by atoms with Gasteiger partial charge in [0.15, 0.2) is 9.84 Å². The molecule has 0 radical (unpaired) electrons. The van der Waals surface area contributed by atoms with E-state index in [2.05, 4.69) is 5.32 Å². The molecule has 5 heteroatoms. The molecule has 20 heavy (non-hydrogen) atoms. The number of sulfone groups is 1. The zero-order chi connectivity index (χ0) is 14.6. The Kier molecular flexibility index (Phi) is 5.05. The van der Waals surface area contributed by atoms with E-state index in [1.54, 1.807) is 0 Å². The lowest BCUT2D eigenvalue weighted by Gasteiger charge is -2.15. The molecular weight excluding hydrogens is 274 g/mol. The quantitative estimate of drug-likeness (QED) is 0.872. The number of hydrogen-bond donors (Lipinski definition) is 1. The highest BCUT2D eigenvalue weighted by atomic mass is 32.2. The molecule has 0 saturated carbocycles. The first-order valence-corrected chi connectivity index (χ1v) is 8.94. The maximum absolute atomic E-state index is 11.4. The number of ether oxygens (including phenoxy) is 1. The van der Waals surface area contributed by atoms with E-state index in [1.165, 1.54) is 0 Å². The third-order valence-corrected chi connectivity index (χ3v) is 5.25. The van der Waals surface area contributed by atoms with E-state index in [0.29, 0.717) is 18.1 Å². The van der Waals surface area contributed by atoms with Crippen molar-refractivity contribution in [2.75, 3.05) is 18.1 Å². The monoisotopic (exact) mass is 297 g/mol. The van der Waals surface area contributed by atoms with Crippen LogP contribution in [0.1, 0.15) is 25.8 Å². The second-order valence-electron chi connectivity index (χ2n) is 5.67. The molecule has 1 heterocycles. The summed E-state index contributed by atoms with van der Waals surface area (Å²) >= 11 is 0. The van der Waals surface area contributed by atoms with Crippen LogP contribution >= 0.6 is 0 Å². The van der Waals surface area contributed by atoms with Gasteiger partial charge in [0.25, 0.3) is 0 Å². The number of benzene rings is 1. The first kappa shape index (κ1) is 15.3. The zero-order valence-corrected chi connectivity index (χ0v) is 12.9. The predicted molar refractivity (Wildman–Crippen MR) is 80.7 cm³/mol. The highest BCUT2D eigenvalue weighted by molar-refractivity contribution is 7.91. The van der Waals surface area contributed by atoms with Crippen molar-refractivity contribution in [1.82, 2.24) is 5.32 Å². The summed E-state index contributed by atoms with van der Waals surface area (Å²) in [4.78, 5) is 0. The predicted octanol–water partition coefficient (Wildman–Crippen LogP) is 2.00. The minimum Gasteiger partial charge on any atom is -0.491 e. The molecule has 1 aromatic carbocycles. The van der Waals surface area contributed by atoms with Crippen LogP contribution in [0.5, 0.6) is 5.75 Å². The summed E-state index contributed by atoms with van der Waals surface area (Å²) < 4.78 is 28.6. The van der Waals surface area contributed by atoms with Crippen LogP contribution in [-0.4, -0.2) is 32.6 Å². The van der Waals surface area contributed by atoms with Crippen molar-refractivity contribution >= 4 is 9.84 Å². The highest BCUT2D eigenvalue weighted by Crippen LogP contribution is 2.20. The van der Waals surface area contributed by atoms with Gasteiger partial charge in [-0.15, -0.1) is 0 Å². The van der Waals surface area contributed by atoms with Crippen LogP contribution in [0.2, 0.25) is 0 Å². The Bertz CT molecular complexity index is 540. The smallest absolute Gasteiger partial charge is 0.150 e. The second-order valence-corrected chi connectivity index (χ2v) is 7.90. The minimum atomic E-state index is -2.78. The molecule has 1 fully saturated rings. The molecule has 0 aromatic heterocycles. The molecule has 1 N–H and O–H groups in total. The Morgan fingerprint density at radius 2 is 2.10 bits per heavy atom. The number of para-hydroxylation sites is 1. The third-order valence-electron chi connectivity index (χ3n) is 3.41. The van der Waals surface area contributed by atoms with Crippen LogP contribution in [0.15, 0.2) is 24.3 Å². The standard InChI is InChI=1S/C15H23NO3S/c1-12(2)19-15-6-4-3-5-14(15)10-16-9-13-7-8-20(17,18)11-13/h3-6,12-13,16H,7-11H2,1-2H3. The van der Waals surface area contributed by atoms with Crippen LogP contribution in [0.4, 0.5) is 0 Å². The summed E-state index contributed by atoms with van der Waals surface area (Å²) in [6, 6.07) is 7.96. The van der Waals surface area contributed by atoms with Crippen molar-refractivity contribution < 1.29 is 13.2 Å². The molecule has 4 nitrogen and oxygen atoms in total. The summed E-state index contributed by atoms with van der Waals surface area (Å²) in [6.45, 7) is 5.47. The Morgan fingerprint density at radius 3 is 2.75 bits per heavy atom. The molecule has 0 amide bonds. The first-order valence-electron chi connectivity index (χ1n) is 7.12. The number of rotatable bonds is 6. The largest absolute Gasteiger partial charge is 0.491 e. The fourth-order valence-corrected chi connectivity index (χ4v) is 4.32. The van der Waals surface area contributed by atoms with Gasteiger partial charge in [-0.3, -0.25) is 0 Å². The van der Waals surface area contributed by atoms with E-state index >= 15 is 0 Å². The Morgan fingerprint density at radius 1 is 1.35 bits per heavy atom. The van der Waals surface area contributed by atoms with Crippen LogP contribution in [0.3, 0.4) is 0 Å².